The van der Waals surface area contributed by atoms with Crippen molar-refractivity contribution in [3.63, 3.8) is 0 Å². The fourth-order valence-corrected chi connectivity index (χ4v) is 3.29. The topological polar surface area (TPSA) is 106 Å². The quantitative estimate of drug-likeness (QED) is 0.606. The van der Waals surface area contributed by atoms with Crippen LogP contribution in [0.25, 0.3) is 0 Å². The minimum atomic E-state index is -3.71. The van der Waals surface area contributed by atoms with Gasteiger partial charge in [-0.3, -0.25) is 0 Å². The highest BCUT2D eigenvalue weighted by molar-refractivity contribution is 7.93. The van der Waals surface area contributed by atoms with Crippen LogP contribution in [0.15, 0.2) is 0 Å². The number of sulfonamides is 2. The summed E-state index contributed by atoms with van der Waals surface area (Å²) in [5, 5.41) is 4.65. The molecule has 0 aliphatic rings. The first-order valence-corrected chi connectivity index (χ1v) is 6.99. The number of primary sulfonamides is 1. The Labute approximate surface area is 78.6 Å². The molecular weight excluding hydrogens is 216 g/mol. The molecule has 0 rings (SSSR count). The van der Waals surface area contributed by atoms with Gasteiger partial charge in [-0.25, -0.2) is 26.7 Å². The van der Waals surface area contributed by atoms with Crippen molar-refractivity contribution in [1.82, 2.24) is 4.72 Å². The van der Waals surface area contributed by atoms with Crippen LogP contribution in [-0.4, -0.2) is 34.4 Å². The maximum Gasteiger partial charge on any atom is 0.212 e. The van der Waals surface area contributed by atoms with Crippen molar-refractivity contribution in [1.29, 1.82) is 0 Å². The van der Waals surface area contributed by atoms with E-state index in [9.17, 15) is 16.8 Å². The van der Waals surface area contributed by atoms with Gasteiger partial charge in [0.1, 0.15) is 0 Å². The molecule has 3 N–H and O–H groups in total. The molecule has 0 saturated heterocycles. The van der Waals surface area contributed by atoms with E-state index in [0.717, 1.165) is 0 Å². The average Bonchev–Trinajstić information content (AvgIpc) is 1.79. The van der Waals surface area contributed by atoms with Crippen LogP contribution in [0.5, 0.6) is 0 Å². The van der Waals surface area contributed by atoms with E-state index in [1.165, 1.54) is 0 Å². The summed E-state index contributed by atoms with van der Waals surface area (Å²) in [7, 11) is -7.24. The van der Waals surface area contributed by atoms with Crippen molar-refractivity contribution in [3.05, 3.63) is 0 Å². The van der Waals surface area contributed by atoms with Crippen LogP contribution in [0, 0.1) is 0 Å². The molecule has 0 aromatic rings. The Balaban J connectivity index is 4.22. The van der Waals surface area contributed by atoms with Gasteiger partial charge in [0.25, 0.3) is 0 Å². The first-order valence-electron chi connectivity index (χ1n) is 3.63. The van der Waals surface area contributed by atoms with E-state index in [1.807, 2.05) is 0 Å². The summed E-state index contributed by atoms with van der Waals surface area (Å²) >= 11 is 0. The Hall–Kier alpha value is -0.180. The van der Waals surface area contributed by atoms with Gasteiger partial charge in [-0.15, -0.1) is 0 Å². The van der Waals surface area contributed by atoms with Crippen molar-refractivity contribution >= 4 is 20.0 Å². The Bertz CT molecular complexity index is 343. The molecular formula is C5H14N2O4S2. The molecule has 0 fully saturated rings. The zero-order valence-corrected chi connectivity index (χ0v) is 9.15. The standard InChI is InChI=1S/C5H14N2O4S2/c1-5(2)7-13(10,11)4-3-12(6,8)9/h5,7H,3-4H2,1-2H3,(H2,6,8,9). The summed E-state index contributed by atoms with van der Waals surface area (Å²) in [6, 6.07) is -0.245. The summed E-state index contributed by atoms with van der Waals surface area (Å²) in [4.78, 5) is 0. The predicted molar refractivity (Wildman–Crippen MR) is 50.0 cm³/mol. The smallest absolute Gasteiger partial charge is 0.212 e. The lowest BCUT2D eigenvalue weighted by Gasteiger charge is -2.08. The van der Waals surface area contributed by atoms with Crippen LogP contribution in [0.3, 0.4) is 0 Å². The average molecular weight is 230 g/mol. The highest BCUT2D eigenvalue weighted by Crippen LogP contribution is 1.90. The number of hydrogen-bond acceptors (Lipinski definition) is 4. The van der Waals surface area contributed by atoms with Crippen molar-refractivity contribution in [2.24, 2.45) is 5.14 Å². The molecule has 0 aromatic carbocycles. The molecule has 0 amide bonds. The van der Waals surface area contributed by atoms with Gasteiger partial charge in [0.05, 0.1) is 11.5 Å². The molecule has 0 aliphatic heterocycles. The highest BCUT2D eigenvalue weighted by atomic mass is 32.2. The van der Waals surface area contributed by atoms with Crippen LogP contribution in [0.1, 0.15) is 13.8 Å². The summed E-state index contributed by atoms with van der Waals surface area (Å²) in [6.07, 6.45) is 0. The van der Waals surface area contributed by atoms with Crippen molar-refractivity contribution in [2.75, 3.05) is 11.5 Å². The Kier molecular flexibility index (Phi) is 4.30. The third-order valence-electron chi connectivity index (χ3n) is 1.05. The summed E-state index contributed by atoms with van der Waals surface area (Å²) < 4.78 is 45.3. The van der Waals surface area contributed by atoms with Gasteiger partial charge in [0.2, 0.25) is 20.0 Å². The monoisotopic (exact) mass is 230 g/mol. The van der Waals surface area contributed by atoms with Crippen LogP contribution in [0.4, 0.5) is 0 Å². The minimum Gasteiger partial charge on any atom is -0.229 e. The first-order chi connectivity index (χ1) is 5.62. The van der Waals surface area contributed by atoms with Gasteiger partial charge in [-0.2, -0.15) is 0 Å². The van der Waals surface area contributed by atoms with Gasteiger partial charge in [-0.1, -0.05) is 0 Å². The molecule has 0 aliphatic carbocycles. The van der Waals surface area contributed by atoms with Gasteiger partial charge in [-0.05, 0) is 13.8 Å². The number of nitrogens with one attached hydrogen (secondary N) is 1. The van der Waals surface area contributed by atoms with E-state index < -0.39 is 31.6 Å². The highest BCUT2D eigenvalue weighted by Gasteiger charge is 2.15. The molecule has 80 valence electrons. The molecule has 0 saturated carbocycles. The lowest BCUT2D eigenvalue weighted by Crippen LogP contribution is -2.35. The SMILES string of the molecule is CC(C)NS(=O)(=O)CCS(N)(=O)=O. The molecule has 0 atom stereocenters. The molecule has 0 spiro atoms. The van der Waals surface area contributed by atoms with E-state index in [4.69, 9.17) is 0 Å². The molecule has 13 heavy (non-hydrogen) atoms. The molecule has 8 heteroatoms. The van der Waals surface area contributed by atoms with E-state index in [2.05, 4.69) is 9.86 Å². The summed E-state index contributed by atoms with van der Waals surface area (Å²) in [5.74, 6) is -1.06. The lowest BCUT2D eigenvalue weighted by molar-refractivity contribution is 0.568. The Morgan fingerprint density at radius 3 is 1.92 bits per heavy atom. The minimum absolute atomic E-state index is 0.245. The molecule has 0 bridgehead atoms. The fourth-order valence-electron chi connectivity index (χ4n) is 0.644. The first kappa shape index (κ1) is 12.8. The Morgan fingerprint density at radius 2 is 1.62 bits per heavy atom. The molecule has 0 unspecified atom stereocenters. The molecule has 0 aromatic heterocycles. The van der Waals surface area contributed by atoms with Crippen molar-refractivity contribution in [2.45, 2.75) is 19.9 Å². The predicted octanol–water partition coefficient (Wildman–Crippen LogP) is -1.40. The van der Waals surface area contributed by atoms with Gasteiger partial charge in [0.15, 0.2) is 0 Å². The number of hydrogen-bond donors (Lipinski definition) is 2. The summed E-state index contributed by atoms with van der Waals surface area (Å²) in [5.41, 5.74) is 0. The third kappa shape index (κ3) is 8.16. The largest absolute Gasteiger partial charge is 0.229 e. The molecule has 0 radical (unpaired) electrons. The lowest BCUT2D eigenvalue weighted by atomic mass is 10.4. The second-order valence-corrected chi connectivity index (χ2v) is 6.57. The maximum atomic E-state index is 11.1. The van der Waals surface area contributed by atoms with E-state index in [1.54, 1.807) is 13.8 Å². The molecule has 0 heterocycles. The second-order valence-electron chi connectivity index (χ2n) is 2.96. The fraction of sp³-hybridized carbons (Fsp3) is 1.00. The Morgan fingerprint density at radius 1 is 1.15 bits per heavy atom. The van der Waals surface area contributed by atoms with E-state index >= 15 is 0 Å². The van der Waals surface area contributed by atoms with Crippen molar-refractivity contribution < 1.29 is 16.8 Å². The molecule has 6 nitrogen and oxygen atoms in total. The van der Waals surface area contributed by atoms with E-state index in [0.29, 0.717) is 0 Å². The summed E-state index contributed by atoms with van der Waals surface area (Å²) in [6.45, 7) is 3.29. The second kappa shape index (κ2) is 4.36. The van der Waals surface area contributed by atoms with Crippen LogP contribution < -0.4 is 9.86 Å². The third-order valence-corrected chi connectivity index (χ3v) is 3.66. The number of rotatable bonds is 5. The normalized spacial score (nSPS) is 13.5. The van der Waals surface area contributed by atoms with Crippen molar-refractivity contribution in [3.8, 4) is 0 Å². The van der Waals surface area contributed by atoms with Gasteiger partial charge >= 0.3 is 0 Å². The maximum absolute atomic E-state index is 11.1. The van der Waals surface area contributed by atoms with Crippen LogP contribution in [0.2, 0.25) is 0 Å². The van der Waals surface area contributed by atoms with Gasteiger partial charge < -0.3 is 0 Å². The van der Waals surface area contributed by atoms with E-state index in [-0.39, 0.29) is 6.04 Å². The zero-order valence-electron chi connectivity index (χ0n) is 7.52. The van der Waals surface area contributed by atoms with Crippen LogP contribution in [-0.2, 0) is 20.0 Å². The van der Waals surface area contributed by atoms with Crippen LogP contribution >= 0.6 is 0 Å². The number of nitrogens with two attached hydrogens (primary N) is 1. The van der Waals surface area contributed by atoms with Gasteiger partial charge in [0, 0.05) is 6.04 Å². The zero-order chi connectivity index (χ0) is 10.7.